The highest BCUT2D eigenvalue weighted by Gasteiger charge is 2.13. The van der Waals surface area contributed by atoms with Gasteiger partial charge < -0.3 is 15.5 Å². The van der Waals surface area contributed by atoms with E-state index in [0.29, 0.717) is 12.1 Å². The van der Waals surface area contributed by atoms with Crippen LogP contribution in [0.1, 0.15) is 19.4 Å². The summed E-state index contributed by atoms with van der Waals surface area (Å²) in [6.07, 6.45) is 0.882. The molecule has 0 fully saturated rings. The Balaban J connectivity index is 2.01. The molecule has 2 aromatic rings. The second kappa shape index (κ2) is 4.96. The molecule has 98 valence electrons. The Kier molecular flexibility index (Phi) is 3.54. The molecule has 5 nitrogen and oxygen atoms in total. The Morgan fingerprint density at radius 1 is 1.44 bits per heavy atom. The number of fused-ring (bicyclic) bond motifs is 1. The van der Waals surface area contributed by atoms with E-state index >= 15 is 0 Å². The van der Waals surface area contributed by atoms with E-state index in [9.17, 15) is 4.79 Å². The van der Waals surface area contributed by atoms with Crippen molar-refractivity contribution in [2.75, 3.05) is 13.1 Å². The molecule has 2 rings (SSSR count). The van der Waals surface area contributed by atoms with E-state index < -0.39 is 5.76 Å². The third kappa shape index (κ3) is 3.00. The van der Waals surface area contributed by atoms with Crippen LogP contribution in [0.2, 0.25) is 0 Å². The molecular formula is C13H19N3O2. The number of nitrogens with one attached hydrogen (secondary N) is 2. The largest absolute Gasteiger partial charge is 0.417 e. The lowest BCUT2D eigenvalue weighted by molar-refractivity contribution is 0.402. The lowest BCUT2D eigenvalue weighted by Gasteiger charge is -2.24. The number of H-pyrrole nitrogens is 1. The molecule has 0 radical (unpaired) electrons. The maximum Gasteiger partial charge on any atom is 0.417 e. The second-order valence-corrected chi connectivity index (χ2v) is 5.11. The molecule has 0 unspecified atom stereocenters. The van der Waals surface area contributed by atoms with Crippen LogP contribution in [0.15, 0.2) is 27.4 Å². The third-order valence-electron chi connectivity index (χ3n) is 3.01. The molecule has 1 heterocycles. The molecular weight excluding hydrogens is 230 g/mol. The van der Waals surface area contributed by atoms with Crippen LogP contribution in [0.25, 0.3) is 11.1 Å². The van der Waals surface area contributed by atoms with E-state index in [1.807, 2.05) is 18.2 Å². The Morgan fingerprint density at radius 2 is 2.22 bits per heavy atom. The summed E-state index contributed by atoms with van der Waals surface area (Å²) < 4.78 is 4.96. The summed E-state index contributed by atoms with van der Waals surface area (Å²) in [5.74, 6) is -0.412. The van der Waals surface area contributed by atoms with Gasteiger partial charge in [-0.2, -0.15) is 0 Å². The van der Waals surface area contributed by atoms with Gasteiger partial charge >= 0.3 is 5.76 Å². The van der Waals surface area contributed by atoms with E-state index in [2.05, 4.69) is 24.1 Å². The van der Waals surface area contributed by atoms with Crippen molar-refractivity contribution >= 4 is 11.1 Å². The molecule has 5 heteroatoms. The van der Waals surface area contributed by atoms with Crippen molar-refractivity contribution in [3.8, 4) is 0 Å². The van der Waals surface area contributed by atoms with Crippen LogP contribution in [0, 0.1) is 0 Å². The SMILES string of the molecule is CC(C)(CN)NCCc1ccc2oc(=O)[nH]c2c1. The zero-order chi connectivity index (χ0) is 13.2. The highest BCUT2D eigenvalue weighted by atomic mass is 16.4. The molecule has 0 aliphatic rings. The summed E-state index contributed by atoms with van der Waals surface area (Å²) in [6, 6.07) is 5.73. The fourth-order valence-electron chi connectivity index (χ4n) is 1.77. The van der Waals surface area contributed by atoms with Gasteiger partial charge in [0.1, 0.15) is 0 Å². The molecule has 0 aliphatic carbocycles. The van der Waals surface area contributed by atoms with Gasteiger partial charge in [0.15, 0.2) is 5.58 Å². The smallest absolute Gasteiger partial charge is 0.408 e. The van der Waals surface area contributed by atoms with Gasteiger partial charge in [-0.1, -0.05) is 6.07 Å². The number of aromatic amines is 1. The van der Waals surface area contributed by atoms with E-state index in [0.717, 1.165) is 24.0 Å². The van der Waals surface area contributed by atoms with E-state index in [4.69, 9.17) is 10.2 Å². The van der Waals surface area contributed by atoms with Crippen molar-refractivity contribution in [1.82, 2.24) is 10.3 Å². The highest BCUT2D eigenvalue weighted by molar-refractivity contribution is 5.72. The molecule has 0 spiro atoms. The van der Waals surface area contributed by atoms with Crippen molar-refractivity contribution in [1.29, 1.82) is 0 Å². The van der Waals surface area contributed by atoms with E-state index in [-0.39, 0.29) is 5.54 Å². The normalized spacial score (nSPS) is 12.2. The number of benzene rings is 1. The molecule has 0 aliphatic heterocycles. The summed E-state index contributed by atoms with van der Waals surface area (Å²) in [5, 5.41) is 3.39. The Morgan fingerprint density at radius 3 is 2.94 bits per heavy atom. The minimum absolute atomic E-state index is 0.0476. The summed E-state index contributed by atoms with van der Waals surface area (Å²) in [7, 11) is 0. The highest BCUT2D eigenvalue weighted by Crippen LogP contribution is 2.12. The van der Waals surface area contributed by atoms with Crippen LogP contribution in [-0.2, 0) is 6.42 Å². The number of rotatable bonds is 5. The third-order valence-corrected chi connectivity index (χ3v) is 3.01. The lowest BCUT2D eigenvalue weighted by atomic mass is 10.1. The van der Waals surface area contributed by atoms with Crippen LogP contribution in [0.3, 0.4) is 0 Å². The minimum Gasteiger partial charge on any atom is -0.408 e. The zero-order valence-electron chi connectivity index (χ0n) is 10.7. The molecule has 0 bridgehead atoms. The predicted octanol–water partition coefficient (Wildman–Crippen LogP) is 0.991. The van der Waals surface area contributed by atoms with Crippen molar-refractivity contribution in [3.05, 3.63) is 34.3 Å². The first kappa shape index (κ1) is 12.9. The van der Waals surface area contributed by atoms with Gasteiger partial charge in [-0.05, 0) is 44.5 Å². The van der Waals surface area contributed by atoms with Crippen LogP contribution in [-0.4, -0.2) is 23.6 Å². The van der Waals surface area contributed by atoms with Crippen LogP contribution in [0.5, 0.6) is 0 Å². The van der Waals surface area contributed by atoms with Gasteiger partial charge in [-0.15, -0.1) is 0 Å². The van der Waals surface area contributed by atoms with Gasteiger partial charge in [0.05, 0.1) is 5.52 Å². The number of hydrogen-bond donors (Lipinski definition) is 3. The number of nitrogens with two attached hydrogens (primary N) is 1. The monoisotopic (exact) mass is 249 g/mol. The molecule has 1 aromatic heterocycles. The van der Waals surface area contributed by atoms with E-state index in [1.54, 1.807) is 0 Å². The fraction of sp³-hybridized carbons (Fsp3) is 0.462. The van der Waals surface area contributed by atoms with Crippen LogP contribution >= 0.6 is 0 Å². The lowest BCUT2D eigenvalue weighted by Crippen LogP contribution is -2.46. The minimum atomic E-state index is -0.412. The average Bonchev–Trinajstić information content (AvgIpc) is 2.68. The van der Waals surface area contributed by atoms with Crippen molar-refractivity contribution in [3.63, 3.8) is 0 Å². The molecule has 18 heavy (non-hydrogen) atoms. The standard InChI is InChI=1S/C13H19N3O2/c1-13(2,8-14)15-6-5-9-3-4-11-10(7-9)16-12(17)18-11/h3-4,7,15H,5-6,8,14H2,1-2H3,(H,16,17). The number of hydrogen-bond acceptors (Lipinski definition) is 4. The van der Waals surface area contributed by atoms with Crippen molar-refractivity contribution < 1.29 is 4.42 Å². The van der Waals surface area contributed by atoms with Crippen LogP contribution in [0.4, 0.5) is 0 Å². The zero-order valence-corrected chi connectivity index (χ0v) is 10.7. The Hall–Kier alpha value is -1.59. The first-order valence-electron chi connectivity index (χ1n) is 6.07. The summed E-state index contributed by atoms with van der Waals surface area (Å²) >= 11 is 0. The molecule has 0 atom stereocenters. The summed E-state index contributed by atoms with van der Waals surface area (Å²) in [5.41, 5.74) is 8.10. The van der Waals surface area contributed by atoms with E-state index in [1.165, 1.54) is 0 Å². The maximum atomic E-state index is 11.0. The Bertz CT molecular complexity index is 583. The molecule has 0 saturated heterocycles. The first-order valence-corrected chi connectivity index (χ1v) is 6.07. The number of oxazole rings is 1. The Labute approximate surface area is 105 Å². The first-order chi connectivity index (χ1) is 8.50. The topological polar surface area (TPSA) is 84.0 Å². The maximum absolute atomic E-state index is 11.0. The van der Waals surface area contributed by atoms with Gasteiger partial charge in [0.2, 0.25) is 0 Å². The van der Waals surface area contributed by atoms with Crippen molar-refractivity contribution in [2.45, 2.75) is 25.8 Å². The van der Waals surface area contributed by atoms with Gasteiger partial charge in [0.25, 0.3) is 0 Å². The average molecular weight is 249 g/mol. The fourth-order valence-corrected chi connectivity index (χ4v) is 1.77. The number of aromatic nitrogens is 1. The molecule has 1 aromatic carbocycles. The molecule has 4 N–H and O–H groups in total. The van der Waals surface area contributed by atoms with Crippen LogP contribution < -0.4 is 16.8 Å². The van der Waals surface area contributed by atoms with Gasteiger partial charge in [-0.3, -0.25) is 4.98 Å². The van der Waals surface area contributed by atoms with Gasteiger partial charge in [-0.25, -0.2) is 4.79 Å². The second-order valence-electron chi connectivity index (χ2n) is 5.11. The predicted molar refractivity (Wildman–Crippen MR) is 71.7 cm³/mol. The van der Waals surface area contributed by atoms with Crippen molar-refractivity contribution in [2.24, 2.45) is 5.73 Å². The molecule has 0 amide bonds. The molecule has 0 saturated carbocycles. The quantitative estimate of drug-likeness (QED) is 0.738. The summed E-state index contributed by atoms with van der Waals surface area (Å²) in [6.45, 7) is 5.59. The summed E-state index contributed by atoms with van der Waals surface area (Å²) in [4.78, 5) is 13.7. The van der Waals surface area contributed by atoms with Gasteiger partial charge in [0, 0.05) is 12.1 Å².